The molecule has 0 spiro atoms. The first-order chi connectivity index (χ1) is 11.0. The van der Waals surface area contributed by atoms with Gasteiger partial charge in [-0.1, -0.05) is 27.5 Å². The molecule has 0 atom stereocenters. The van der Waals surface area contributed by atoms with Crippen LogP contribution in [0.25, 0.3) is 11.6 Å². The zero-order valence-corrected chi connectivity index (χ0v) is 14.8. The maximum Gasteiger partial charge on any atom is 0.256 e. The highest BCUT2D eigenvalue weighted by molar-refractivity contribution is 9.10. The molecule has 1 heterocycles. The minimum Gasteiger partial charge on any atom is -0.493 e. The van der Waals surface area contributed by atoms with E-state index < -0.39 is 0 Å². The number of hydrogen-bond acceptors (Lipinski definition) is 3. The van der Waals surface area contributed by atoms with Gasteiger partial charge in [0.2, 0.25) is 0 Å². The van der Waals surface area contributed by atoms with Gasteiger partial charge < -0.3 is 14.8 Å². The fourth-order valence-corrected chi connectivity index (χ4v) is 3.10. The SMILES string of the molecule is COc1cc(Cl)cc(C=C2C(=O)Nc3ccc(Br)cc32)c1OC. The summed E-state index contributed by atoms with van der Waals surface area (Å²) in [5.74, 6) is 0.875. The topological polar surface area (TPSA) is 47.6 Å². The van der Waals surface area contributed by atoms with E-state index >= 15 is 0 Å². The van der Waals surface area contributed by atoms with Gasteiger partial charge in [-0.2, -0.15) is 0 Å². The molecule has 0 saturated carbocycles. The van der Waals surface area contributed by atoms with Crippen molar-refractivity contribution in [1.82, 2.24) is 0 Å². The Hall–Kier alpha value is -1.98. The Morgan fingerprint density at radius 2 is 1.96 bits per heavy atom. The van der Waals surface area contributed by atoms with Crippen molar-refractivity contribution in [3.8, 4) is 11.5 Å². The van der Waals surface area contributed by atoms with Crippen LogP contribution in [0.1, 0.15) is 11.1 Å². The molecule has 1 aliphatic heterocycles. The number of hydrogen-bond donors (Lipinski definition) is 1. The van der Waals surface area contributed by atoms with Crippen LogP contribution in [0.2, 0.25) is 5.02 Å². The Bertz CT molecular complexity index is 833. The van der Waals surface area contributed by atoms with Gasteiger partial charge in [0, 0.05) is 37.9 Å². The van der Waals surface area contributed by atoms with Gasteiger partial charge in [-0.05, 0) is 30.3 Å². The Morgan fingerprint density at radius 1 is 1.17 bits per heavy atom. The van der Waals surface area contributed by atoms with Gasteiger partial charge in [-0.3, -0.25) is 4.79 Å². The van der Waals surface area contributed by atoms with E-state index in [1.165, 1.54) is 0 Å². The van der Waals surface area contributed by atoms with Crippen molar-refractivity contribution in [1.29, 1.82) is 0 Å². The lowest BCUT2D eigenvalue weighted by Gasteiger charge is -2.11. The number of rotatable bonds is 3. The summed E-state index contributed by atoms with van der Waals surface area (Å²) in [6, 6.07) is 9.03. The zero-order valence-electron chi connectivity index (χ0n) is 12.4. The third-order valence-corrected chi connectivity index (χ3v) is 4.25. The van der Waals surface area contributed by atoms with E-state index in [0.29, 0.717) is 27.7 Å². The maximum absolute atomic E-state index is 12.3. The molecule has 0 bridgehead atoms. The summed E-state index contributed by atoms with van der Waals surface area (Å²) in [7, 11) is 3.09. The predicted molar refractivity (Wildman–Crippen MR) is 95.2 cm³/mol. The van der Waals surface area contributed by atoms with E-state index in [0.717, 1.165) is 15.7 Å². The molecule has 2 aromatic rings. The molecule has 0 radical (unpaired) electrons. The summed E-state index contributed by atoms with van der Waals surface area (Å²) in [6.07, 6.45) is 1.75. The van der Waals surface area contributed by atoms with Crippen LogP contribution in [0.4, 0.5) is 5.69 Å². The summed E-state index contributed by atoms with van der Waals surface area (Å²) >= 11 is 9.56. The molecule has 0 unspecified atom stereocenters. The summed E-state index contributed by atoms with van der Waals surface area (Å²) in [5, 5.41) is 3.34. The highest BCUT2D eigenvalue weighted by Gasteiger charge is 2.25. The average Bonchev–Trinajstić information content (AvgIpc) is 2.82. The van der Waals surface area contributed by atoms with E-state index in [-0.39, 0.29) is 5.91 Å². The second-order valence-electron chi connectivity index (χ2n) is 4.93. The van der Waals surface area contributed by atoms with Crippen molar-refractivity contribution in [2.45, 2.75) is 0 Å². The van der Waals surface area contributed by atoms with E-state index in [2.05, 4.69) is 21.2 Å². The van der Waals surface area contributed by atoms with Gasteiger partial charge in [0.1, 0.15) is 0 Å². The minimum atomic E-state index is -0.168. The van der Waals surface area contributed by atoms with E-state index in [9.17, 15) is 4.79 Å². The molecule has 3 rings (SSSR count). The lowest BCUT2D eigenvalue weighted by molar-refractivity contribution is -0.110. The van der Waals surface area contributed by atoms with Crippen molar-refractivity contribution >= 4 is 50.8 Å². The molecular weight excluding hydrogens is 382 g/mol. The average molecular weight is 395 g/mol. The number of amides is 1. The van der Waals surface area contributed by atoms with E-state index in [1.54, 1.807) is 32.4 Å². The van der Waals surface area contributed by atoms with Crippen molar-refractivity contribution in [2.75, 3.05) is 19.5 Å². The number of halogens is 2. The van der Waals surface area contributed by atoms with Crippen LogP contribution in [0, 0.1) is 0 Å². The number of carbonyl (C=O) groups excluding carboxylic acids is 1. The minimum absolute atomic E-state index is 0.168. The largest absolute Gasteiger partial charge is 0.493 e. The monoisotopic (exact) mass is 393 g/mol. The fraction of sp³-hybridized carbons (Fsp3) is 0.118. The Labute approximate surface area is 147 Å². The summed E-state index contributed by atoms with van der Waals surface area (Å²) < 4.78 is 11.6. The smallest absolute Gasteiger partial charge is 0.256 e. The van der Waals surface area contributed by atoms with Gasteiger partial charge in [0.15, 0.2) is 11.5 Å². The number of anilines is 1. The highest BCUT2D eigenvalue weighted by Crippen LogP contribution is 2.39. The first kappa shape index (κ1) is 15.9. The van der Waals surface area contributed by atoms with Crippen molar-refractivity contribution in [3.63, 3.8) is 0 Å². The molecule has 0 fully saturated rings. The Balaban J connectivity index is 2.18. The van der Waals surface area contributed by atoms with Crippen LogP contribution in [0.3, 0.4) is 0 Å². The van der Waals surface area contributed by atoms with Crippen molar-refractivity contribution in [3.05, 3.63) is 51.0 Å². The second-order valence-corrected chi connectivity index (χ2v) is 6.28. The molecule has 0 aromatic heterocycles. The molecule has 2 aromatic carbocycles. The number of methoxy groups -OCH3 is 2. The van der Waals surface area contributed by atoms with Gasteiger partial charge in [0.05, 0.1) is 14.2 Å². The van der Waals surface area contributed by atoms with Crippen molar-refractivity contribution in [2.24, 2.45) is 0 Å². The van der Waals surface area contributed by atoms with Crippen LogP contribution < -0.4 is 14.8 Å². The van der Waals surface area contributed by atoms with E-state index in [1.807, 2.05) is 18.2 Å². The van der Waals surface area contributed by atoms with Gasteiger partial charge in [-0.15, -0.1) is 0 Å². The molecule has 1 aliphatic rings. The number of carbonyl (C=O) groups is 1. The number of nitrogens with one attached hydrogen (secondary N) is 1. The summed E-state index contributed by atoms with van der Waals surface area (Å²) in [6.45, 7) is 0. The number of ether oxygens (including phenoxy) is 2. The Kier molecular flexibility index (Phi) is 4.33. The van der Waals surface area contributed by atoms with Crippen LogP contribution in [0.5, 0.6) is 11.5 Å². The van der Waals surface area contributed by atoms with Gasteiger partial charge in [-0.25, -0.2) is 0 Å². The van der Waals surface area contributed by atoms with Crippen LogP contribution in [0.15, 0.2) is 34.8 Å². The van der Waals surface area contributed by atoms with Crippen LogP contribution in [-0.2, 0) is 4.79 Å². The first-order valence-corrected chi connectivity index (χ1v) is 7.95. The van der Waals surface area contributed by atoms with Crippen LogP contribution >= 0.6 is 27.5 Å². The van der Waals surface area contributed by atoms with Gasteiger partial charge in [0.25, 0.3) is 5.91 Å². The highest BCUT2D eigenvalue weighted by atomic mass is 79.9. The van der Waals surface area contributed by atoms with Crippen LogP contribution in [-0.4, -0.2) is 20.1 Å². The Morgan fingerprint density at radius 3 is 2.65 bits per heavy atom. The normalized spacial score (nSPS) is 14.6. The molecular formula is C17H13BrClNO3. The lowest BCUT2D eigenvalue weighted by atomic mass is 10.0. The molecule has 1 N–H and O–H groups in total. The standard InChI is InChI=1S/C17H13BrClNO3/c1-22-15-8-11(19)5-9(16(15)23-2)6-13-12-7-10(18)3-4-14(12)20-17(13)21/h3-8H,1-2H3,(H,20,21). The molecule has 0 saturated heterocycles. The fourth-order valence-electron chi connectivity index (χ4n) is 2.53. The van der Waals surface area contributed by atoms with Gasteiger partial charge >= 0.3 is 0 Å². The van der Waals surface area contributed by atoms with E-state index in [4.69, 9.17) is 21.1 Å². The third-order valence-electron chi connectivity index (χ3n) is 3.54. The predicted octanol–water partition coefficient (Wildman–Crippen LogP) is 4.61. The molecule has 4 nitrogen and oxygen atoms in total. The number of fused-ring (bicyclic) bond motifs is 1. The molecule has 1 amide bonds. The molecule has 23 heavy (non-hydrogen) atoms. The maximum atomic E-state index is 12.3. The zero-order chi connectivity index (χ0) is 16.6. The van der Waals surface area contributed by atoms with Crippen molar-refractivity contribution < 1.29 is 14.3 Å². The summed E-state index contributed by atoms with van der Waals surface area (Å²) in [5.41, 5.74) is 2.82. The number of benzene rings is 2. The summed E-state index contributed by atoms with van der Waals surface area (Å²) in [4.78, 5) is 12.3. The third kappa shape index (κ3) is 2.94. The molecule has 6 heteroatoms. The molecule has 0 aliphatic carbocycles. The molecule has 118 valence electrons. The lowest BCUT2D eigenvalue weighted by Crippen LogP contribution is -2.03. The second kappa shape index (κ2) is 6.26. The quantitative estimate of drug-likeness (QED) is 0.773. The first-order valence-electron chi connectivity index (χ1n) is 6.78.